The molecule has 1 aliphatic rings. The van der Waals surface area contributed by atoms with Crippen molar-refractivity contribution in [3.63, 3.8) is 0 Å². The van der Waals surface area contributed by atoms with Crippen LogP contribution in [-0.4, -0.2) is 35.2 Å². The predicted octanol–water partition coefficient (Wildman–Crippen LogP) is 2.99. The third kappa shape index (κ3) is 4.57. The number of carbonyl (C=O) groups excluding carboxylic acids is 1. The van der Waals surface area contributed by atoms with Crippen LogP contribution in [0.25, 0.3) is 0 Å². The number of carbonyl (C=O) groups is 1. The van der Waals surface area contributed by atoms with Crippen LogP contribution >= 0.6 is 0 Å². The van der Waals surface area contributed by atoms with Gasteiger partial charge in [0.05, 0.1) is 18.2 Å². The second-order valence-electron chi connectivity index (χ2n) is 6.43. The molecule has 1 atom stereocenters. The van der Waals surface area contributed by atoms with E-state index < -0.39 is 17.6 Å². The summed E-state index contributed by atoms with van der Waals surface area (Å²) in [6.07, 6.45) is -2.61. The van der Waals surface area contributed by atoms with Crippen molar-refractivity contribution in [3.8, 4) is 0 Å². The summed E-state index contributed by atoms with van der Waals surface area (Å²) in [6.45, 7) is 0.749. The summed E-state index contributed by atoms with van der Waals surface area (Å²) in [5.74, 6) is 0.146. The van der Waals surface area contributed by atoms with Crippen molar-refractivity contribution in [2.24, 2.45) is 0 Å². The number of anilines is 1. The van der Waals surface area contributed by atoms with Crippen LogP contribution in [0.1, 0.15) is 34.5 Å². The summed E-state index contributed by atoms with van der Waals surface area (Å²) in [7, 11) is 0. The molecular weight excluding hydrogens is 359 g/mol. The van der Waals surface area contributed by atoms with Gasteiger partial charge in [0, 0.05) is 13.1 Å². The van der Waals surface area contributed by atoms with Gasteiger partial charge in [-0.15, -0.1) is 0 Å². The second-order valence-corrected chi connectivity index (χ2v) is 6.43. The number of halogens is 3. The largest absolute Gasteiger partial charge is 0.416 e. The van der Waals surface area contributed by atoms with Crippen LogP contribution in [0.4, 0.5) is 19.0 Å². The van der Waals surface area contributed by atoms with Gasteiger partial charge >= 0.3 is 6.18 Å². The van der Waals surface area contributed by atoms with Crippen LogP contribution < -0.4 is 10.2 Å². The van der Waals surface area contributed by atoms with Crippen molar-refractivity contribution in [1.82, 2.24) is 10.3 Å². The number of alkyl halides is 3. The van der Waals surface area contributed by atoms with Crippen molar-refractivity contribution >= 4 is 11.7 Å². The van der Waals surface area contributed by atoms with Crippen LogP contribution in [0.3, 0.4) is 0 Å². The van der Waals surface area contributed by atoms with E-state index in [2.05, 4.69) is 10.3 Å². The normalized spacial score (nSPS) is 17.2. The number of aliphatic hydroxyl groups is 1. The highest BCUT2D eigenvalue weighted by Gasteiger charge is 2.30. The average Bonchev–Trinajstić information content (AvgIpc) is 3.14. The fourth-order valence-corrected chi connectivity index (χ4v) is 3.17. The number of nitrogens with zero attached hydrogens (tertiary/aromatic N) is 2. The molecule has 5 nitrogen and oxygen atoms in total. The zero-order valence-corrected chi connectivity index (χ0v) is 14.5. The highest BCUT2D eigenvalue weighted by Crippen LogP contribution is 2.29. The first-order valence-corrected chi connectivity index (χ1v) is 8.67. The first-order valence-electron chi connectivity index (χ1n) is 8.67. The van der Waals surface area contributed by atoms with Gasteiger partial charge in [-0.25, -0.2) is 4.98 Å². The quantitative estimate of drug-likeness (QED) is 0.838. The molecule has 144 valence electrons. The number of benzene rings is 1. The van der Waals surface area contributed by atoms with Gasteiger partial charge in [0.2, 0.25) is 0 Å². The van der Waals surface area contributed by atoms with Crippen LogP contribution in [0.2, 0.25) is 0 Å². The molecule has 0 radical (unpaired) electrons. The Kier molecular flexibility index (Phi) is 5.65. The summed E-state index contributed by atoms with van der Waals surface area (Å²) in [4.78, 5) is 18.7. The molecule has 2 aromatic rings. The molecule has 27 heavy (non-hydrogen) atoms. The van der Waals surface area contributed by atoms with Gasteiger partial charge in [-0.3, -0.25) is 4.79 Å². The fraction of sp³-hybridized carbons (Fsp3) is 0.368. The van der Waals surface area contributed by atoms with E-state index in [4.69, 9.17) is 0 Å². The van der Waals surface area contributed by atoms with Crippen LogP contribution in [0.5, 0.6) is 0 Å². The van der Waals surface area contributed by atoms with Crippen LogP contribution in [-0.2, 0) is 12.7 Å². The molecule has 1 aliphatic heterocycles. The van der Waals surface area contributed by atoms with Gasteiger partial charge in [-0.1, -0.05) is 18.2 Å². The van der Waals surface area contributed by atoms with E-state index in [9.17, 15) is 23.1 Å². The number of nitrogens with one attached hydrogen (secondary N) is 1. The summed E-state index contributed by atoms with van der Waals surface area (Å²) >= 11 is 0. The standard InChI is InChI=1S/C19H20F3N3O2/c20-19(21,22)14-5-1-4-13(10-14)11-23-18(27)16-7-2-8-17(24-16)25-9-3-6-15(25)12-26/h1-2,4-5,7-8,10,15,26H,3,6,9,11-12H2,(H,23,27). The summed E-state index contributed by atoms with van der Waals surface area (Å²) in [5.41, 5.74) is -0.212. The topological polar surface area (TPSA) is 65.5 Å². The first kappa shape index (κ1) is 19.2. The Hall–Kier alpha value is -2.61. The molecule has 1 fully saturated rings. The Bertz CT molecular complexity index is 811. The van der Waals surface area contributed by atoms with Gasteiger partial charge in [0.25, 0.3) is 5.91 Å². The number of hydrogen-bond acceptors (Lipinski definition) is 4. The third-order valence-corrected chi connectivity index (χ3v) is 4.56. The summed E-state index contributed by atoms with van der Waals surface area (Å²) in [6, 6.07) is 9.85. The molecule has 2 N–H and O–H groups in total. The smallest absolute Gasteiger partial charge is 0.394 e. The van der Waals surface area contributed by atoms with Gasteiger partial charge in [-0.05, 0) is 42.7 Å². The van der Waals surface area contributed by atoms with Crippen molar-refractivity contribution in [1.29, 1.82) is 0 Å². The van der Waals surface area contributed by atoms with E-state index in [1.54, 1.807) is 18.2 Å². The molecule has 1 aromatic carbocycles. The first-order chi connectivity index (χ1) is 12.9. The van der Waals surface area contributed by atoms with E-state index in [0.29, 0.717) is 11.4 Å². The molecule has 0 bridgehead atoms. The molecule has 1 saturated heterocycles. The van der Waals surface area contributed by atoms with Crippen LogP contribution in [0, 0.1) is 0 Å². The number of hydrogen-bond donors (Lipinski definition) is 2. The Balaban J connectivity index is 1.68. The molecule has 0 aliphatic carbocycles. The Morgan fingerprint density at radius 1 is 1.26 bits per heavy atom. The van der Waals surface area contributed by atoms with Gasteiger partial charge in [0.1, 0.15) is 11.5 Å². The SMILES string of the molecule is O=C(NCc1cccc(C(F)(F)F)c1)c1cccc(N2CCCC2CO)n1. The van der Waals surface area contributed by atoms with Gasteiger partial charge < -0.3 is 15.3 Å². The fourth-order valence-electron chi connectivity index (χ4n) is 3.17. The molecule has 0 saturated carbocycles. The lowest BCUT2D eigenvalue weighted by molar-refractivity contribution is -0.137. The van der Waals surface area contributed by atoms with E-state index >= 15 is 0 Å². The van der Waals surface area contributed by atoms with Crippen molar-refractivity contribution in [2.75, 3.05) is 18.1 Å². The van der Waals surface area contributed by atoms with Crippen molar-refractivity contribution in [3.05, 3.63) is 59.3 Å². The predicted molar refractivity (Wildman–Crippen MR) is 94.3 cm³/mol. The molecule has 0 spiro atoms. The highest BCUT2D eigenvalue weighted by molar-refractivity contribution is 5.92. The number of pyridine rings is 1. The maximum Gasteiger partial charge on any atom is 0.416 e. The summed E-state index contributed by atoms with van der Waals surface area (Å²) in [5, 5.41) is 12.0. The molecular formula is C19H20F3N3O2. The molecule has 3 rings (SSSR count). The second kappa shape index (κ2) is 7.96. The maximum absolute atomic E-state index is 12.8. The minimum Gasteiger partial charge on any atom is -0.394 e. The molecule has 8 heteroatoms. The van der Waals surface area contributed by atoms with E-state index in [0.717, 1.165) is 31.5 Å². The lowest BCUT2D eigenvalue weighted by atomic mass is 10.1. The molecule has 2 heterocycles. The third-order valence-electron chi connectivity index (χ3n) is 4.56. The maximum atomic E-state index is 12.8. The minimum atomic E-state index is -4.42. The summed E-state index contributed by atoms with van der Waals surface area (Å²) < 4.78 is 38.3. The zero-order valence-electron chi connectivity index (χ0n) is 14.5. The number of rotatable bonds is 5. The van der Waals surface area contributed by atoms with Gasteiger partial charge in [-0.2, -0.15) is 13.2 Å². The molecule has 1 amide bonds. The number of amides is 1. The van der Waals surface area contributed by atoms with Crippen molar-refractivity contribution in [2.45, 2.75) is 31.6 Å². The Morgan fingerprint density at radius 2 is 2.04 bits per heavy atom. The van der Waals surface area contributed by atoms with Gasteiger partial charge in [0.15, 0.2) is 0 Å². The molecule has 1 unspecified atom stereocenters. The van der Waals surface area contributed by atoms with E-state index in [1.807, 2.05) is 4.90 Å². The van der Waals surface area contributed by atoms with Crippen molar-refractivity contribution < 1.29 is 23.1 Å². The minimum absolute atomic E-state index is 0.0130. The monoisotopic (exact) mass is 379 g/mol. The Labute approximate surface area is 154 Å². The number of aromatic nitrogens is 1. The van der Waals surface area contributed by atoms with E-state index in [-0.39, 0.29) is 24.9 Å². The van der Waals surface area contributed by atoms with E-state index in [1.165, 1.54) is 12.1 Å². The lowest BCUT2D eigenvalue weighted by Crippen LogP contribution is -2.33. The number of aliphatic hydroxyl groups excluding tert-OH is 1. The lowest BCUT2D eigenvalue weighted by Gasteiger charge is -2.24. The average molecular weight is 379 g/mol. The van der Waals surface area contributed by atoms with Crippen LogP contribution in [0.15, 0.2) is 42.5 Å². The Morgan fingerprint density at radius 3 is 2.78 bits per heavy atom. The highest BCUT2D eigenvalue weighted by atomic mass is 19.4. The molecule has 1 aromatic heterocycles. The zero-order chi connectivity index (χ0) is 19.4.